The molecule has 2 fully saturated rings. The van der Waals surface area contributed by atoms with E-state index in [4.69, 9.17) is 0 Å². The molecule has 1 aromatic rings. The number of halogens is 1. The maximum Gasteiger partial charge on any atom is 0.227 e. The summed E-state index contributed by atoms with van der Waals surface area (Å²) in [6, 6.07) is 4.81. The third-order valence-corrected chi connectivity index (χ3v) is 4.45. The molecule has 0 heterocycles. The highest BCUT2D eigenvalue weighted by atomic mass is 19.1. The summed E-state index contributed by atoms with van der Waals surface area (Å²) in [5.74, 6) is 1.02. The van der Waals surface area contributed by atoms with Crippen LogP contribution in [-0.2, 0) is 4.79 Å². The maximum atomic E-state index is 13.6. The molecule has 0 radical (unpaired) electrons. The van der Waals surface area contributed by atoms with Crippen LogP contribution in [0.3, 0.4) is 0 Å². The van der Waals surface area contributed by atoms with Crippen molar-refractivity contribution in [1.29, 1.82) is 0 Å². The fourth-order valence-electron chi connectivity index (χ4n) is 3.53. The maximum absolute atomic E-state index is 13.6. The van der Waals surface area contributed by atoms with Crippen LogP contribution in [0.4, 0.5) is 10.1 Å². The van der Waals surface area contributed by atoms with Crippen molar-refractivity contribution >= 4 is 11.6 Å². The van der Waals surface area contributed by atoms with E-state index in [0.29, 0.717) is 11.6 Å². The second-order valence-electron chi connectivity index (χ2n) is 5.75. The van der Waals surface area contributed by atoms with Gasteiger partial charge < -0.3 is 5.32 Å². The molecule has 3 atom stereocenters. The van der Waals surface area contributed by atoms with Crippen LogP contribution in [0.25, 0.3) is 0 Å². The number of amides is 1. The van der Waals surface area contributed by atoms with E-state index in [9.17, 15) is 9.18 Å². The first-order valence-electron chi connectivity index (χ1n) is 6.70. The number of anilines is 1. The SMILES string of the molecule is Cc1ccc(F)c(NC(=O)C2CC3CCC2C3)c1. The number of rotatable bonds is 2. The Hall–Kier alpha value is -1.38. The molecule has 0 aliphatic heterocycles. The molecule has 18 heavy (non-hydrogen) atoms. The second-order valence-corrected chi connectivity index (χ2v) is 5.75. The Bertz CT molecular complexity index is 485. The molecule has 1 N–H and O–H groups in total. The van der Waals surface area contributed by atoms with Gasteiger partial charge in [0.2, 0.25) is 5.91 Å². The third kappa shape index (κ3) is 2.02. The van der Waals surface area contributed by atoms with Gasteiger partial charge in [0.05, 0.1) is 5.69 Å². The summed E-state index contributed by atoms with van der Waals surface area (Å²) >= 11 is 0. The zero-order chi connectivity index (χ0) is 12.7. The van der Waals surface area contributed by atoms with Crippen LogP contribution in [0, 0.1) is 30.5 Å². The van der Waals surface area contributed by atoms with E-state index in [0.717, 1.165) is 17.9 Å². The fraction of sp³-hybridized carbons (Fsp3) is 0.533. The Morgan fingerprint density at radius 2 is 2.17 bits per heavy atom. The Labute approximate surface area is 107 Å². The highest BCUT2D eigenvalue weighted by Crippen LogP contribution is 2.48. The summed E-state index contributed by atoms with van der Waals surface area (Å²) in [5.41, 5.74) is 1.28. The Morgan fingerprint density at radius 3 is 2.83 bits per heavy atom. The molecule has 1 aromatic carbocycles. The zero-order valence-corrected chi connectivity index (χ0v) is 10.6. The molecular weight excluding hydrogens is 229 g/mol. The number of benzene rings is 1. The van der Waals surface area contributed by atoms with E-state index in [1.165, 1.54) is 25.3 Å². The summed E-state index contributed by atoms with van der Waals surface area (Å²) in [5, 5.41) is 2.76. The van der Waals surface area contributed by atoms with Crippen molar-refractivity contribution in [2.75, 3.05) is 5.32 Å². The van der Waals surface area contributed by atoms with Crippen LogP contribution < -0.4 is 5.32 Å². The molecule has 0 saturated heterocycles. The molecule has 2 saturated carbocycles. The Kier molecular flexibility index (Phi) is 2.84. The second kappa shape index (κ2) is 4.38. The molecular formula is C15H18FNO. The van der Waals surface area contributed by atoms with Crippen molar-refractivity contribution < 1.29 is 9.18 Å². The molecule has 96 valence electrons. The van der Waals surface area contributed by atoms with Gasteiger partial charge in [0.15, 0.2) is 0 Å². The van der Waals surface area contributed by atoms with Gasteiger partial charge in [0, 0.05) is 5.92 Å². The minimum absolute atomic E-state index is 0.00620. The number of carbonyl (C=O) groups excluding carboxylic acids is 1. The zero-order valence-electron chi connectivity index (χ0n) is 10.6. The van der Waals surface area contributed by atoms with Crippen LogP contribution in [0.15, 0.2) is 18.2 Å². The normalized spacial score (nSPS) is 29.6. The predicted octanol–water partition coefficient (Wildman–Crippen LogP) is 3.51. The Balaban J connectivity index is 1.72. The molecule has 3 unspecified atom stereocenters. The lowest BCUT2D eigenvalue weighted by atomic mass is 9.88. The van der Waals surface area contributed by atoms with E-state index in [1.54, 1.807) is 12.1 Å². The number of hydrogen-bond donors (Lipinski definition) is 1. The minimum Gasteiger partial charge on any atom is -0.323 e. The minimum atomic E-state index is -0.350. The summed E-state index contributed by atoms with van der Waals surface area (Å²) in [7, 11) is 0. The van der Waals surface area contributed by atoms with Crippen LogP contribution >= 0.6 is 0 Å². The van der Waals surface area contributed by atoms with Crippen molar-refractivity contribution in [3.63, 3.8) is 0 Å². The van der Waals surface area contributed by atoms with Crippen molar-refractivity contribution in [3.8, 4) is 0 Å². The van der Waals surface area contributed by atoms with Gasteiger partial charge in [-0.3, -0.25) is 4.79 Å². The predicted molar refractivity (Wildman–Crippen MR) is 68.7 cm³/mol. The Morgan fingerprint density at radius 1 is 1.33 bits per heavy atom. The third-order valence-electron chi connectivity index (χ3n) is 4.45. The first-order chi connectivity index (χ1) is 8.63. The van der Waals surface area contributed by atoms with Crippen molar-refractivity contribution in [2.45, 2.75) is 32.6 Å². The molecule has 0 aromatic heterocycles. The van der Waals surface area contributed by atoms with Crippen molar-refractivity contribution in [2.24, 2.45) is 17.8 Å². The summed E-state index contributed by atoms with van der Waals surface area (Å²) < 4.78 is 13.6. The summed E-state index contributed by atoms with van der Waals surface area (Å²) in [4.78, 5) is 12.2. The van der Waals surface area contributed by atoms with Gasteiger partial charge in [-0.1, -0.05) is 12.5 Å². The lowest BCUT2D eigenvalue weighted by Crippen LogP contribution is -2.27. The lowest BCUT2D eigenvalue weighted by molar-refractivity contribution is -0.121. The average molecular weight is 247 g/mol. The van der Waals surface area contributed by atoms with E-state index in [-0.39, 0.29) is 17.6 Å². The molecule has 3 rings (SSSR count). The van der Waals surface area contributed by atoms with Gasteiger partial charge in [0.1, 0.15) is 5.82 Å². The van der Waals surface area contributed by atoms with Gasteiger partial charge in [-0.25, -0.2) is 4.39 Å². The molecule has 3 heteroatoms. The lowest BCUT2D eigenvalue weighted by Gasteiger charge is -2.21. The van der Waals surface area contributed by atoms with Crippen LogP contribution in [-0.4, -0.2) is 5.91 Å². The van der Waals surface area contributed by atoms with Crippen molar-refractivity contribution in [1.82, 2.24) is 0 Å². The number of aryl methyl sites for hydroxylation is 1. The van der Waals surface area contributed by atoms with Gasteiger partial charge in [-0.2, -0.15) is 0 Å². The summed E-state index contributed by atoms with van der Waals surface area (Å²) in [6.45, 7) is 1.90. The largest absolute Gasteiger partial charge is 0.323 e. The fourth-order valence-corrected chi connectivity index (χ4v) is 3.53. The highest BCUT2D eigenvalue weighted by Gasteiger charge is 2.43. The highest BCUT2D eigenvalue weighted by molar-refractivity contribution is 5.93. The van der Waals surface area contributed by atoms with E-state index < -0.39 is 0 Å². The van der Waals surface area contributed by atoms with Gasteiger partial charge in [-0.05, 0) is 55.7 Å². The number of hydrogen-bond acceptors (Lipinski definition) is 1. The molecule has 2 nitrogen and oxygen atoms in total. The van der Waals surface area contributed by atoms with Crippen LogP contribution in [0.2, 0.25) is 0 Å². The number of fused-ring (bicyclic) bond motifs is 2. The smallest absolute Gasteiger partial charge is 0.227 e. The van der Waals surface area contributed by atoms with Gasteiger partial charge in [0.25, 0.3) is 0 Å². The first kappa shape index (κ1) is 11.7. The molecule has 2 bridgehead atoms. The standard InChI is InChI=1S/C15H18FNO/c1-9-2-5-13(16)14(6-9)17-15(18)12-8-10-3-4-11(12)7-10/h2,5-6,10-12H,3-4,7-8H2,1H3,(H,17,18). The summed E-state index contributed by atoms with van der Waals surface area (Å²) in [6.07, 6.45) is 4.62. The van der Waals surface area contributed by atoms with E-state index in [1.807, 2.05) is 6.92 Å². The van der Waals surface area contributed by atoms with Crippen LogP contribution in [0.1, 0.15) is 31.2 Å². The van der Waals surface area contributed by atoms with E-state index in [2.05, 4.69) is 5.32 Å². The number of carbonyl (C=O) groups is 1. The van der Waals surface area contributed by atoms with Gasteiger partial charge in [-0.15, -0.1) is 0 Å². The topological polar surface area (TPSA) is 29.1 Å². The van der Waals surface area contributed by atoms with Crippen LogP contribution in [0.5, 0.6) is 0 Å². The quantitative estimate of drug-likeness (QED) is 0.851. The monoisotopic (exact) mass is 247 g/mol. The van der Waals surface area contributed by atoms with Gasteiger partial charge >= 0.3 is 0 Å². The first-order valence-corrected chi connectivity index (χ1v) is 6.70. The van der Waals surface area contributed by atoms with Crippen molar-refractivity contribution in [3.05, 3.63) is 29.6 Å². The molecule has 1 amide bonds. The number of nitrogens with one attached hydrogen (secondary N) is 1. The molecule has 2 aliphatic rings. The average Bonchev–Trinajstić information content (AvgIpc) is 2.96. The molecule has 0 spiro atoms. The van der Waals surface area contributed by atoms with E-state index >= 15 is 0 Å². The molecule has 2 aliphatic carbocycles.